The first kappa shape index (κ1) is 20.0. The molecule has 1 amide bonds. The van der Waals surface area contributed by atoms with E-state index in [0.717, 1.165) is 5.56 Å². The second kappa shape index (κ2) is 8.50. The maximum Gasteiger partial charge on any atom is 0.255 e. The first-order chi connectivity index (χ1) is 13.4. The summed E-state index contributed by atoms with van der Waals surface area (Å²) in [5.41, 5.74) is 2.38. The van der Waals surface area contributed by atoms with E-state index >= 15 is 0 Å². The Balaban J connectivity index is 2.00. The lowest BCUT2D eigenvalue weighted by molar-refractivity contribution is -0.113. The minimum absolute atomic E-state index is 0.309. The van der Waals surface area contributed by atoms with Gasteiger partial charge in [-0.15, -0.1) is 0 Å². The van der Waals surface area contributed by atoms with Crippen molar-refractivity contribution < 1.29 is 14.3 Å². The van der Waals surface area contributed by atoms with Gasteiger partial charge in [-0.05, 0) is 42.9 Å². The summed E-state index contributed by atoms with van der Waals surface area (Å²) in [6, 6.07) is 12.0. The summed E-state index contributed by atoms with van der Waals surface area (Å²) in [6.07, 6.45) is 0. The molecule has 0 saturated heterocycles. The van der Waals surface area contributed by atoms with Crippen molar-refractivity contribution in [2.75, 3.05) is 19.5 Å². The van der Waals surface area contributed by atoms with E-state index in [0.29, 0.717) is 38.6 Å². The average Bonchev–Trinajstić information content (AvgIpc) is 2.67. The molecule has 0 spiro atoms. The zero-order valence-corrected chi connectivity index (χ0v) is 17.2. The molecule has 1 aliphatic heterocycles. The van der Waals surface area contributed by atoms with Crippen LogP contribution in [0.2, 0.25) is 5.02 Å². The SMILES string of the molecule is COc1ccc(OC)c(NC(=O)C2=C(C)NC(=S)NC2c2ccccc2Cl)c1. The van der Waals surface area contributed by atoms with Gasteiger partial charge >= 0.3 is 0 Å². The van der Waals surface area contributed by atoms with Gasteiger partial charge < -0.3 is 25.4 Å². The molecule has 28 heavy (non-hydrogen) atoms. The van der Waals surface area contributed by atoms with E-state index in [-0.39, 0.29) is 5.91 Å². The molecular weight excluding hydrogens is 398 g/mol. The molecule has 0 bridgehead atoms. The van der Waals surface area contributed by atoms with Gasteiger partial charge in [-0.2, -0.15) is 0 Å². The van der Waals surface area contributed by atoms with Crippen molar-refractivity contribution in [3.05, 3.63) is 64.3 Å². The number of carbonyl (C=O) groups excluding carboxylic acids is 1. The number of hydrogen-bond acceptors (Lipinski definition) is 4. The third-order valence-electron chi connectivity index (χ3n) is 4.38. The molecule has 0 saturated carbocycles. The summed E-state index contributed by atoms with van der Waals surface area (Å²) < 4.78 is 10.6. The number of carbonyl (C=O) groups is 1. The number of anilines is 1. The molecule has 0 aliphatic carbocycles. The van der Waals surface area contributed by atoms with Crippen LogP contribution < -0.4 is 25.4 Å². The minimum atomic E-state index is -0.487. The van der Waals surface area contributed by atoms with Gasteiger partial charge in [0.2, 0.25) is 0 Å². The normalized spacial score (nSPS) is 16.1. The van der Waals surface area contributed by atoms with E-state index in [1.807, 2.05) is 18.2 Å². The Morgan fingerprint density at radius 2 is 1.93 bits per heavy atom. The Bertz CT molecular complexity index is 961. The highest BCUT2D eigenvalue weighted by Gasteiger charge is 2.31. The van der Waals surface area contributed by atoms with Crippen molar-refractivity contribution in [2.24, 2.45) is 0 Å². The van der Waals surface area contributed by atoms with Gasteiger partial charge in [-0.3, -0.25) is 4.79 Å². The number of amides is 1. The molecule has 1 heterocycles. The van der Waals surface area contributed by atoms with Crippen LogP contribution in [0.25, 0.3) is 0 Å². The van der Waals surface area contributed by atoms with E-state index in [1.54, 1.807) is 38.3 Å². The Morgan fingerprint density at radius 3 is 2.61 bits per heavy atom. The van der Waals surface area contributed by atoms with E-state index in [2.05, 4.69) is 16.0 Å². The van der Waals surface area contributed by atoms with Gasteiger partial charge in [0.25, 0.3) is 5.91 Å². The third kappa shape index (κ3) is 4.05. The van der Waals surface area contributed by atoms with Gasteiger partial charge in [0.1, 0.15) is 11.5 Å². The predicted octanol–water partition coefficient (Wildman–Crippen LogP) is 3.79. The first-order valence-corrected chi connectivity index (χ1v) is 9.29. The fourth-order valence-corrected chi connectivity index (χ4v) is 3.55. The highest BCUT2D eigenvalue weighted by Crippen LogP contribution is 2.34. The van der Waals surface area contributed by atoms with E-state index in [1.165, 1.54) is 7.11 Å². The maximum absolute atomic E-state index is 13.2. The lowest BCUT2D eigenvalue weighted by atomic mass is 9.95. The quantitative estimate of drug-likeness (QED) is 0.643. The van der Waals surface area contributed by atoms with E-state index in [4.69, 9.17) is 33.3 Å². The molecule has 2 aromatic carbocycles. The summed E-state index contributed by atoms with van der Waals surface area (Å²) in [5.74, 6) is 0.816. The number of nitrogens with one attached hydrogen (secondary N) is 3. The Labute approximate surface area is 173 Å². The topological polar surface area (TPSA) is 71.6 Å². The van der Waals surface area contributed by atoms with Crippen LogP contribution >= 0.6 is 23.8 Å². The van der Waals surface area contributed by atoms with Crippen molar-refractivity contribution >= 4 is 40.5 Å². The number of halogens is 1. The number of hydrogen-bond donors (Lipinski definition) is 3. The van der Waals surface area contributed by atoms with Crippen molar-refractivity contribution in [1.29, 1.82) is 0 Å². The number of rotatable bonds is 5. The standard InChI is InChI=1S/C20H20ClN3O3S/c1-11-17(18(24-20(28)22-11)13-6-4-5-7-14(13)21)19(25)23-15-10-12(26-2)8-9-16(15)27-3/h4-10,18H,1-3H3,(H,23,25)(H2,22,24,28). The molecule has 0 aromatic heterocycles. The largest absolute Gasteiger partial charge is 0.497 e. The summed E-state index contributed by atoms with van der Waals surface area (Å²) in [7, 11) is 3.10. The molecule has 3 rings (SSSR count). The van der Waals surface area contributed by atoms with Crippen molar-refractivity contribution in [2.45, 2.75) is 13.0 Å². The molecule has 6 nitrogen and oxygen atoms in total. The van der Waals surface area contributed by atoms with Crippen LogP contribution in [0.1, 0.15) is 18.5 Å². The number of allylic oxidation sites excluding steroid dienone is 1. The van der Waals surface area contributed by atoms with Crippen LogP contribution in [0.5, 0.6) is 11.5 Å². The first-order valence-electron chi connectivity index (χ1n) is 8.50. The number of benzene rings is 2. The molecule has 2 aromatic rings. The zero-order valence-electron chi connectivity index (χ0n) is 15.6. The summed E-state index contributed by atoms with van der Waals surface area (Å²) in [5, 5.41) is 10.0. The van der Waals surface area contributed by atoms with E-state index < -0.39 is 6.04 Å². The van der Waals surface area contributed by atoms with Crippen molar-refractivity contribution in [3.63, 3.8) is 0 Å². The van der Waals surface area contributed by atoms with Crippen molar-refractivity contribution in [3.8, 4) is 11.5 Å². The molecule has 3 N–H and O–H groups in total. The highest BCUT2D eigenvalue weighted by atomic mass is 35.5. The fraction of sp³-hybridized carbons (Fsp3) is 0.200. The van der Waals surface area contributed by atoms with Gasteiger partial charge in [0, 0.05) is 16.8 Å². The van der Waals surface area contributed by atoms with Crippen LogP contribution in [0.4, 0.5) is 5.69 Å². The lowest BCUT2D eigenvalue weighted by Crippen LogP contribution is -2.45. The maximum atomic E-state index is 13.2. The van der Waals surface area contributed by atoms with Gasteiger partial charge in [0.05, 0.1) is 31.5 Å². The molecule has 1 atom stereocenters. The van der Waals surface area contributed by atoms with Crippen LogP contribution in [0.3, 0.4) is 0 Å². The van der Waals surface area contributed by atoms with Gasteiger partial charge in [-0.25, -0.2) is 0 Å². The monoisotopic (exact) mass is 417 g/mol. The van der Waals surface area contributed by atoms with Gasteiger partial charge in [-0.1, -0.05) is 29.8 Å². The molecule has 8 heteroatoms. The van der Waals surface area contributed by atoms with Crippen LogP contribution in [0, 0.1) is 0 Å². The smallest absolute Gasteiger partial charge is 0.255 e. The van der Waals surface area contributed by atoms with Crippen molar-refractivity contribution in [1.82, 2.24) is 10.6 Å². The second-order valence-corrected chi connectivity index (χ2v) is 6.93. The Kier molecular flexibility index (Phi) is 6.06. The van der Waals surface area contributed by atoms with E-state index in [9.17, 15) is 4.79 Å². The molecular formula is C20H20ClN3O3S. The number of ether oxygens (including phenoxy) is 2. The van der Waals surface area contributed by atoms with Crippen LogP contribution in [-0.4, -0.2) is 25.2 Å². The molecule has 146 valence electrons. The Morgan fingerprint density at radius 1 is 1.18 bits per heavy atom. The van der Waals surface area contributed by atoms with Crippen LogP contribution in [0.15, 0.2) is 53.7 Å². The highest BCUT2D eigenvalue weighted by molar-refractivity contribution is 7.80. The molecule has 0 radical (unpaired) electrons. The van der Waals surface area contributed by atoms with Crippen LogP contribution in [-0.2, 0) is 4.79 Å². The zero-order chi connectivity index (χ0) is 20.3. The molecule has 1 unspecified atom stereocenters. The number of thiocarbonyl (C=S) groups is 1. The Hall–Kier alpha value is -2.77. The number of methoxy groups -OCH3 is 2. The predicted molar refractivity (Wildman–Crippen MR) is 114 cm³/mol. The second-order valence-electron chi connectivity index (χ2n) is 6.11. The minimum Gasteiger partial charge on any atom is -0.497 e. The summed E-state index contributed by atoms with van der Waals surface area (Å²) in [4.78, 5) is 13.2. The molecule has 1 aliphatic rings. The lowest BCUT2D eigenvalue weighted by Gasteiger charge is -2.31. The summed E-state index contributed by atoms with van der Waals surface area (Å²) >= 11 is 11.7. The fourth-order valence-electron chi connectivity index (χ4n) is 3.04. The summed E-state index contributed by atoms with van der Waals surface area (Å²) in [6.45, 7) is 1.80. The molecule has 0 fully saturated rings. The average molecular weight is 418 g/mol. The van der Waals surface area contributed by atoms with Gasteiger partial charge in [0.15, 0.2) is 5.11 Å². The third-order valence-corrected chi connectivity index (χ3v) is 4.95.